The first kappa shape index (κ1) is 25.8. The molecule has 2 atom stereocenters. The molecule has 0 saturated heterocycles. The quantitative estimate of drug-likeness (QED) is 0.205. The van der Waals surface area contributed by atoms with Crippen molar-refractivity contribution in [2.45, 2.75) is 55.9 Å². The van der Waals surface area contributed by atoms with E-state index < -0.39 is 42.1 Å². The van der Waals surface area contributed by atoms with E-state index in [1.54, 1.807) is 0 Å². The Labute approximate surface area is 228 Å². The number of nitrogens with zero attached hydrogens (tertiary/aromatic N) is 6. The SMILES string of the molecule is NC1(c2ncc(-c3ccn4nc5c(c4n3)C3CC5N(C(O)(O)O)C(=O)c4cccc(OC(F)F)c43)c(F)n2)CCC1. The van der Waals surface area contributed by atoms with Gasteiger partial charge in [0, 0.05) is 35.0 Å². The molecular weight excluding hydrogens is 547 g/mol. The van der Waals surface area contributed by atoms with Crippen molar-refractivity contribution in [1.29, 1.82) is 0 Å². The molecule has 2 bridgehead atoms. The van der Waals surface area contributed by atoms with Crippen LogP contribution in [-0.4, -0.2) is 63.4 Å². The number of ether oxygens (including phenoxy) is 1. The maximum Gasteiger partial charge on any atom is 0.387 e. The second-order valence-electron chi connectivity index (χ2n) is 10.5. The molecule has 12 nitrogen and oxygen atoms in total. The van der Waals surface area contributed by atoms with Gasteiger partial charge in [-0.3, -0.25) is 9.69 Å². The lowest BCUT2D eigenvalue weighted by Crippen LogP contribution is -2.53. The molecule has 0 spiro atoms. The fourth-order valence-electron chi connectivity index (χ4n) is 6.10. The summed E-state index contributed by atoms with van der Waals surface area (Å²) in [7, 11) is 0. The van der Waals surface area contributed by atoms with E-state index in [0.29, 0.717) is 23.3 Å². The van der Waals surface area contributed by atoms with Gasteiger partial charge >= 0.3 is 12.7 Å². The number of nitrogens with two attached hydrogens (primary N) is 1. The van der Waals surface area contributed by atoms with Crippen LogP contribution in [0.15, 0.2) is 36.7 Å². The molecule has 1 saturated carbocycles. The summed E-state index contributed by atoms with van der Waals surface area (Å²) in [4.78, 5) is 26.7. The summed E-state index contributed by atoms with van der Waals surface area (Å²) >= 11 is 0. The lowest BCUT2D eigenvalue weighted by molar-refractivity contribution is -0.385. The first-order valence-electron chi connectivity index (χ1n) is 12.8. The van der Waals surface area contributed by atoms with Crippen LogP contribution in [0.1, 0.15) is 70.6 Å². The monoisotopic (exact) mass is 569 g/mol. The highest BCUT2D eigenvalue weighted by Gasteiger charge is 2.53. The smallest absolute Gasteiger partial charge is 0.387 e. The number of aliphatic hydroxyl groups is 3. The van der Waals surface area contributed by atoms with E-state index in [0.717, 1.165) is 6.42 Å². The molecule has 0 radical (unpaired) electrons. The van der Waals surface area contributed by atoms with Crippen LogP contribution in [0.4, 0.5) is 13.2 Å². The number of rotatable bonds is 5. The normalized spacial score (nSPS) is 21.1. The van der Waals surface area contributed by atoms with Crippen molar-refractivity contribution >= 4 is 11.6 Å². The van der Waals surface area contributed by atoms with Crippen molar-refractivity contribution in [3.8, 4) is 17.0 Å². The molecule has 15 heteroatoms. The summed E-state index contributed by atoms with van der Waals surface area (Å²) in [6.07, 6.45) is 1.31. The Hall–Kier alpha value is -4.18. The summed E-state index contributed by atoms with van der Waals surface area (Å²) in [6, 6.07) is 4.16. The lowest BCUT2D eigenvalue weighted by Gasteiger charge is -2.36. The van der Waals surface area contributed by atoms with Gasteiger partial charge in [0.05, 0.1) is 28.5 Å². The van der Waals surface area contributed by atoms with E-state index in [2.05, 4.69) is 20.1 Å². The average molecular weight is 569 g/mol. The molecule has 1 aromatic carbocycles. The molecule has 41 heavy (non-hydrogen) atoms. The Morgan fingerprint density at radius 1 is 1.12 bits per heavy atom. The molecular formula is C26H22F3N7O5. The van der Waals surface area contributed by atoms with Crippen molar-refractivity contribution in [3.63, 3.8) is 0 Å². The summed E-state index contributed by atoms with van der Waals surface area (Å²) in [5.74, 6) is -2.79. The zero-order chi connectivity index (χ0) is 28.8. The van der Waals surface area contributed by atoms with Crippen LogP contribution < -0.4 is 10.5 Å². The molecule has 1 amide bonds. The second kappa shape index (κ2) is 8.66. The molecule has 2 unspecified atom stereocenters. The number of benzene rings is 1. The molecule has 4 aromatic rings. The van der Waals surface area contributed by atoms with Gasteiger partial charge in [-0.2, -0.15) is 18.3 Å². The second-order valence-corrected chi connectivity index (χ2v) is 10.5. The minimum absolute atomic E-state index is 0.00802. The van der Waals surface area contributed by atoms with Gasteiger partial charge in [-0.05, 0) is 43.9 Å². The topological polar surface area (TPSA) is 172 Å². The van der Waals surface area contributed by atoms with E-state index >= 15 is 4.39 Å². The number of amides is 1. The molecule has 7 rings (SSSR count). The zero-order valence-corrected chi connectivity index (χ0v) is 21.1. The molecule has 3 aromatic heterocycles. The van der Waals surface area contributed by atoms with Gasteiger partial charge in [-0.15, -0.1) is 0 Å². The third kappa shape index (κ3) is 3.80. The maximum atomic E-state index is 15.2. The van der Waals surface area contributed by atoms with Gasteiger partial charge in [-0.1, -0.05) is 6.07 Å². The Kier molecular flexibility index (Phi) is 5.44. The van der Waals surface area contributed by atoms with Gasteiger partial charge in [0.2, 0.25) is 5.95 Å². The Balaban J connectivity index is 1.42. The van der Waals surface area contributed by atoms with Crippen molar-refractivity contribution in [2.75, 3.05) is 0 Å². The first-order chi connectivity index (χ1) is 19.5. The summed E-state index contributed by atoms with van der Waals surface area (Å²) in [6.45, 7) is -3.22. The van der Waals surface area contributed by atoms with E-state index in [1.807, 2.05) is 0 Å². The molecule has 5 N–H and O–H groups in total. The highest BCUT2D eigenvalue weighted by atomic mass is 19.3. The van der Waals surface area contributed by atoms with Crippen LogP contribution in [-0.2, 0) is 5.54 Å². The van der Waals surface area contributed by atoms with Crippen LogP contribution in [0, 0.1) is 5.95 Å². The van der Waals surface area contributed by atoms with Crippen molar-refractivity contribution < 1.29 is 38.0 Å². The van der Waals surface area contributed by atoms with Crippen molar-refractivity contribution in [3.05, 3.63) is 70.8 Å². The van der Waals surface area contributed by atoms with E-state index in [9.17, 15) is 28.9 Å². The molecule has 1 aliphatic heterocycles. The first-order valence-corrected chi connectivity index (χ1v) is 12.8. The summed E-state index contributed by atoms with van der Waals surface area (Å²) < 4.78 is 48.0. The largest absolute Gasteiger partial charge is 0.434 e. The number of carbonyl (C=O) groups excluding carboxylic acids is 1. The number of aromatic nitrogens is 5. The molecule has 1 fully saturated rings. The van der Waals surface area contributed by atoms with Gasteiger partial charge in [0.1, 0.15) is 5.75 Å². The number of fused-ring (bicyclic) bond motifs is 9. The van der Waals surface area contributed by atoms with Gasteiger partial charge in [0.15, 0.2) is 11.5 Å². The predicted octanol–water partition coefficient (Wildman–Crippen LogP) is 1.89. The van der Waals surface area contributed by atoms with E-state index in [4.69, 9.17) is 10.5 Å². The van der Waals surface area contributed by atoms with Gasteiger partial charge < -0.3 is 25.8 Å². The summed E-state index contributed by atoms with van der Waals surface area (Å²) in [5.41, 5.74) is 6.17. The standard InChI is InChI=1S/C26H22F3N7O5/c27-20-13(10-31-23(33-20)25(30)6-2-7-25)14-5-8-35-21(32-14)18-12-9-15(19(18)34-35)36(26(38,39)40)22(37)11-3-1-4-16(17(11)12)41-24(28)29/h1,3-5,8,10,12,15,24,38-40H,2,6-7,9,30H2. The molecule has 2 aliphatic carbocycles. The number of alkyl halides is 2. The highest BCUT2D eigenvalue weighted by molar-refractivity contribution is 5.98. The number of hydrogen-bond donors (Lipinski definition) is 4. The predicted molar refractivity (Wildman–Crippen MR) is 132 cm³/mol. The number of hydrogen-bond acceptors (Lipinski definition) is 10. The highest BCUT2D eigenvalue weighted by Crippen LogP contribution is 2.54. The number of halogens is 3. The Morgan fingerprint density at radius 3 is 2.56 bits per heavy atom. The van der Waals surface area contributed by atoms with Gasteiger partial charge in [0.25, 0.3) is 5.91 Å². The van der Waals surface area contributed by atoms with Gasteiger partial charge in [-0.25, -0.2) is 19.5 Å². The van der Waals surface area contributed by atoms with E-state index in [1.165, 1.54) is 41.2 Å². The van der Waals surface area contributed by atoms with Crippen LogP contribution in [0.25, 0.3) is 16.9 Å². The van der Waals surface area contributed by atoms with E-state index in [-0.39, 0.29) is 51.7 Å². The number of carbonyl (C=O) groups is 1. The molecule has 212 valence electrons. The zero-order valence-electron chi connectivity index (χ0n) is 21.1. The molecule has 3 aliphatic rings. The van der Waals surface area contributed by atoms with Crippen molar-refractivity contribution in [2.24, 2.45) is 5.73 Å². The van der Waals surface area contributed by atoms with Crippen molar-refractivity contribution in [1.82, 2.24) is 29.5 Å². The third-order valence-electron chi connectivity index (χ3n) is 8.10. The minimum Gasteiger partial charge on any atom is -0.434 e. The average Bonchev–Trinajstić information content (AvgIpc) is 3.39. The fraction of sp³-hybridized carbons (Fsp3) is 0.346. The Morgan fingerprint density at radius 2 is 1.90 bits per heavy atom. The van der Waals surface area contributed by atoms with Crippen LogP contribution in [0.3, 0.4) is 0 Å². The minimum atomic E-state index is -3.60. The fourth-order valence-corrected chi connectivity index (χ4v) is 6.10. The summed E-state index contributed by atoms with van der Waals surface area (Å²) in [5, 5.41) is 35.0. The lowest BCUT2D eigenvalue weighted by atomic mass is 9.77. The van der Waals surface area contributed by atoms with Crippen LogP contribution in [0.2, 0.25) is 0 Å². The third-order valence-corrected chi connectivity index (χ3v) is 8.10. The molecule has 4 heterocycles. The van der Waals surface area contributed by atoms with Crippen LogP contribution in [0.5, 0.6) is 5.75 Å². The van der Waals surface area contributed by atoms with Crippen LogP contribution >= 0.6 is 0 Å². The maximum absolute atomic E-state index is 15.2. The Bertz CT molecular complexity index is 1740.